The van der Waals surface area contributed by atoms with Gasteiger partial charge in [0.1, 0.15) is 11.3 Å². The van der Waals surface area contributed by atoms with Crippen LogP contribution in [0.25, 0.3) is 38.8 Å². The van der Waals surface area contributed by atoms with Gasteiger partial charge in [0.05, 0.1) is 16.7 Å². The van der Waals surface area contributed by atoms with Gasteiger partial charge in [0.25, 0.3) is 5.56 Å². The molecule has 5 aromatic rings. The summed E-state index contributed by atoms with van der Waals surface area (Å²) in [6, 6.07) is 13.6. The molecule has 1 saturated carbocycles. The smallest absolute Gasteiger partial charge is 0.387 e. The maximum Gasteiger partial charge on any atom is 0.387 e. The predicted octanol–water partition coefficient (Wildman–Crippen LogP) is 4.75. The number of nitrogens with zero attached hydrogens (tertiary/aromatic N) is 4. The molecule has 0 radical (unpaired) electrons. The molecule has 0 aliphatic heterocycles. The van der Waals surface area contributed by atoms with Crippen molar-refractivity contribution < 1.29 is 13.5 Å². The Hall–Kier alpha value is -4.01. The first-order valence-electron chi connectivity index (χ1n) is 10.6. The number of ether oxygens (including phenoxy) is 1. The molecule has 0 unspecified atom stereocenters. The lowest BCUT2D eigenvalue weighted by Crippen LogP contribution is -2.21. The number of aryl methyl sites for hydroxylation is 1. The van der Waals surface area contributed by atoms with E-state index in [0.717, 1.165) is 40.5 Å². The van der Waals surface area contributed by atoms with Crippen molar-refractivity contribution in [2.24, 2.45) is 7.05 Å². The summed E-state index contributed by atoms with van der Waals surface area (Å²) in [4.78, 5) is 13.8. The van der Waals surface area contributed by atoms with Crippen molar-refractivity contribution in [2.75, 3.05) is 0 Å². The Balaban J connectivity index is 1.58. The molecule has 0 spiro atoms. The van der Waals surface area contributed by atoms with E-state index in [0.29, 0.717) is 22.7 Å². The van der Waals surface area contributed by atoms with E-state index in [9.17, 15) is 13.6 Å². The topological polar surface area (TPSA) is 77.7 Å². The molecular weight excluding hydrogens is 428 g/mol. The molecular formula is C24H19F2N5O2. The number of halogens is 2. The highest BCUT2D eigenvalue weighted by Gasteiger charge is 2.30. The maximum atomic E-state index is 13.8. The van der Waals surface area contributed by atoms with Gasteiger partial charge in [-0.2, -0.15) is 19.0 Å². The number of hydrogen-bond acceptors (Lipinski definition) is 4. The van der Waals surface area contributed by atoms with Gasteiger partial charge in [-0.05, 0) is 60.9 Å². The van der Waals surface area contributed by atoms with E-state index in [1.165, 1.54) is 12.1 Å². The van der Waals surface area contributed by atoms with Gasteiger partial charge in [-0.1, -0.05) is 6.07 Å². The van der Waals surface area contributed by atoms with Gasteiger partial charge in [-0.15, -0.1) is 0 Å². The normalized spacial score (nSPS) is 13.9. The molecule has 2 aromatic carbocycles. The summed E-state index contributed by atoms with van der Waals surface area (Å²) in [5, 5.41) is 12.9. The summed E-state index contributed by atoms with van der Waals surface area (Å²) >= 11 is 0. The second kappa shape index (κ2) is 7.26. The van der Waals surface area contributed by atoms with Crippen molar-refractivity contribution in [3.8, 4) is 22.6 Å². The van der Waals surface area contributed by atoms with Crippen LogP contribution in [0.1, 0.15) is 24.5 Å². The van der Waals surface area contributed by atoms with E-state index >= 15 is 0 Å². The molecule has 6 rings (SSSR count). The molecule has 1 aliphatic carbocycles. The quantitative estimate of drug-likeness (QED) is 0.422. The van der Waals surface area contributed by atoms with Crippen molar-refractivity contribution >= 4 is 21.9 Å². The number of rotatable bonds is 5. The lowest BCUT2D eigenvalue weighted by Gasteiger charge is -2.13. The van der Waals surface area contributed by atoms with Crippen LogP contribution in [-0.4, -0.2) is 31.2 Å². The second-order valence-corrected chi connectivity index (χ2v) is 8.29. The van der Waals surface area contributed by atoms with Crippen LogP contribution in [-0.2, 0) is 7.05 Å². The Bertz CT molecular complexity index is 1560. The highest BCUT2D eigenvalue weighted by molar-refractivity contribution is 5.88. The van der Waals surface area contributed by atoms with Crippen LogP contribution in [0.15, 0.2) is 59.5 Å². The fraction of sp³-hybridized carbons (Fsp3) is 0.208. The van der Waals surface area contributed by atoms with Gasteiger partial charge in [-0.25, -0.2) is 0 Å². The van der Waals surface area contributed by atoms with Gasteiger partial charge in [0.15, 0.2) is 0 Å². The number of pyridine rings is 1. The molecule has 1 fully saturated rings. The first-order valence-corrected chi connectivity index (χ1v) is 10.6. The summed E-state index contributed by atoms with van der Waals surface area (Å²) in [6.45, 7) is -2.91. The average Bonchev–Trinajstić information content (AvgIpc) is 3.43. The van der Waals surface area contributed by atoms with Crippen molar-refractivity contribution in [3.05, 3.63) is 70.8 Å². The van der Waals surface area contributed by atoms with Gasteiger partial charge >= 0.3 is 6.61 Å². The van der Waals surface area contributed by atoms with Crippen molar-refractivity contribution in [2.45, 2.75) is 25.4 Å². The molecule has 0 amide bonds. The molecule has 1 N–H and O–H groups in total. The van der Waals surface area contributed by atoms with E-state index in [1.54, 1.807) is 21.4 Å². The van der Waals surface area contributed by atoms with Crippen LogP contribution in [0.4, 0.5) is 8.78 Å². The summed E-state index contributed by atoms with van der Waals surface area (Å²) < 4.78 is 33.0. The second-order valence-electron chi connectivity index (χ2n) is 8.29. The van der Waals surface area contributed by atoms with Gasteiger partial charge < -0.3 is 4.74 Å². The van der Waals surface area contributed by atoms with Crippen LogP contribution in [0.5, 0.6) is 5.75 Å². The largest absolute Gasteiger partial charge is 0.435 e. The molecule has 3 aromatic heterocycles. The number of fused-ring (bicyclic) bond motifs is 2. The molecule has 0 saturated heterocycles. The molecule has 166 valence electrons. The maximum absolute atomic E-state index is 13.8. The molecule has 33 heavy (non-hydrogen) atoms. The fourth-order valence-electron chi connectivity index (χ4n) is 4.32. The Morgan fingerprint density at radius 3 is 2.61 bits per heavy atom. The Morgan fingerprint density at radius 1 is 1.09 bits per heavy atom. The minimum atomic E-state index is -2.91. The average molecular weight is 447 g/mol. The number of hydrogen-bond donors (Lipinski definition) is 1. The van der Waals surface area contributed by atoms with E-state index in [1.807, 2.05) is 37.5 Å². The third-order valence-corrected chi connectivity index (χ3v) is 5.97. The Kier molecular flexibility index (Phi) is 4.33. The molecule has 1 aliphatic rings. The van der Waals surface area contributed by atoms with Crippen molar-refractivity contribution in [1.29, 1.82) is 0 Å². The lowest BCUT2D eigenvalue weighted by molar-refractivity contribution is -0.0498. The molecule has 3 heterocycles. The minimum absolute atomic E-state index is 0.0332. The van der Waals surface area contributed by atoms with Gasteiger partial charge in [0.2, 0.25) is 0 Å². The third-order valence-electron chi connectivity index (χ3n) is 5.97. The predicted molar refractivity (Wildman–Crippen MR) is 120 cm³/mol. The van der Waals surface area contributed by atoms with E-state index in [-0.39, 0.29) is 11.3 Å². The van der Waals surface area contributed by atoms with Gasteiger partial charge in [-0.3, -0.25) is 19.1 Å². The standard InChI is InChI=1S/C24H19F2N5O2/c1-30-12-15-10-14(4-9-19(15)29-30)18-11-20-22(21(28-27-20)13-2-3-13)31(23(18)32)16-5-7-17(8-6-16)33-24(25)26/h4-13,24H,2-3H2,1H3,(H,27,28). The number of nitrogens with one attached hydrogen (secondary N) is 1. The van der Waals surface area contributed by atoms with E-state index < -0.39 is 6.61 Å². The van der Waals surface area contributed by atoms with Crippen LogP contribution >= 0.6 is 0 Å². The van der Waals surface area contributed by atoms with E-state index in [4.69, 9.17) is 0 Å². The summed E-state index contributed by atoms with van der Waals surface area (Å²) in [5.74, 6) is 0.366. The Morgan fingerprint density at radius 2 is 1.88 bits per heavy atom. The number of benzene rings is 2. The summed E-state index contributed by atoms with van der Waals surface area (Å²) in [7, 11) is 1.85. The first kappa shape index (κ1) is 19.7. The zero-order valence-corrected chi connectivity index (χ0v) is 17.6. The van der Waals surface area contributed by atoms with Crippen LogP contribution < -0.4 is 10.3 Å². The Labute approximate surface area is 186 Å². The molecule has 0 atom stereocenters. The molecule has 7 nitrogen and oxygen atoms in total. The van der Waals surface area contributed by atoms with Crippen LogP contribution in [0.2, 0.25) is 0 Å². The summed E-state index contributed by atoms with van der Waals surface area (Å²) in [5.41, 5.74) is 4.75. The van der Waals surface area contributed by atoms with Crippen molar-refractivity contribution in [1.82, 2.24) is 24.5 Å². The van der Waals surface area contributed by atoms with Gasteiger partial charge in [0, 0.05) is 35.8 Å². The molecule has 0 bridgehead atoms. The van der Waals surface area contributed by atoms with Crippen LogP contribution in [0, 0.1) is 0 Å². The molecule has 9 heteroatoms. The number of alkyl halides is 2. The zero-order valence-electron chi connectivity index (χ0n) is 17.6. The summed E-state index contributed by atoms with van der Waals surface area (Å²) in [6.07, 6.45) is 3.97. The zero-order chi connectivity index (χ0) is 22.7. The number of H-pyrrole nitrogens is 1. The van der Waals surface area contributed by atoms with Crippen LogP contribution in [0.3, 0.4) is 0 Å². The lowest BCUT2D eigenvalue weighted by atomic mass is 10.0. The minimum Gasteiger partial charge on any atom is -0.435 e. The van der Waals surface area contributed by atoms with E-state index in [2.05, 4.69) is 20.0 Å². The highest BCUT2D eigenvalue weighted by Crippen LogP contribution is 2.42. The first-order chi connectivity index (χ1) is 16.0. The number of aromatic amines is 1. The number of aromatic nitrogens is 5. The SMILES string of the molecule is Cn1cc2cc(-c3cc4n[nH]c(C5CC5)c4n(-c4ccc(OC(F)F)cc4)c3=O)ccc2n1. The third kappa shape index (κ3) is 3.36. The highest BCUT2D eigenvalue weighted by atomic mass is 19.3. The monoisotopic (exact) mass is 447 g/mol. The van der Waals surface area contributed by atoms with Crippen molar-refractivity contribution in [3.63, 3.8) is 0 Å². The fourth-order valence-corrected chi connectivity index (χ4v) is 4.32.